The molecule has 0 bridgehead atoms. The van der Waals surface area contributed by atoms with Gasteiger partial charge in [0, 0.05) is 45.2 Å². The summed E-state index contributed by atoms with van der Waals surface area (Å²) in [5.41, 5.74) is 1.48. The normalized spacial score (nSPS) is 17.6. The molecule has 2 rings (SSSR count). The Hall–Kier alpha value is -2.57. The van der Waals surface area contributed by atoms with Crippen LogP contribution in [0.3, 0.4) is 0 Å². The molecule has 2 atom stereocenters. The van der Waals surface area contributed by atoms with Gasteiger partial charge in [-0.1, -0.05) is 32.9 Å². The van der Waals surface area contributed by atoms with E-state index in [2.05, 4.69) is 10.6 Å². The highest BCUT2D eigenvalue weighted by molar-refractivity contribution is 5.93. The van der Waals surface area contributed by atoms with Crippen molar-refractivity contribution in [1.29, 1.82) is 0 Å². The van der Waals surface area contributed by atoms with Crippen LogP contribution < -0.4 is 15.5 Å². The van der Waals surface area contributed by atoms with Crippen molar-refractivity contribution in [3.63, 3.8) is 0 Å². The lowest BCUT2D eigenvalue weighted by atomic mass is 9.94. The zero-order valence-electron chi connectivity index (χ0n) is 18.4. The SMILES string of the molecule is CNC(=O)[C@H](Cc1ccc(N(C)C)cc1)NC(=O)[C@H]1CCCN1C(=O)C(C)(C)C. The van der Waals surface area contributed by atoms with Gasteiger partial charge in [-0.2, -0.15) is 0 Å². The van der Waals surface area contributed by atoms with Gasteiger partial charge in [0.05, 0.1) is 0 Å². The predicted molar refractivity (Wildman–Crippen MR) is 115 cm³/mol. The number of carbonyl (C=O) groups excluding carboxylic acids is 3. The Morgan fingerprint density at radius 2 is 1.79 bits per heavy atom. The summed E-state index contributed by atoms with van der Waals surface area (Å²) in [6.45, 7) is 6.14. The minimum absolute atomic E-state index is 0.0362. The van der Waals surface area contributed by atoms with Crippen LogP contribution in [0.4, 0.5) is 5.69 Å². The Kier molecular flexibility index (Phi) is 7.27. The van der Waals surface area contributed by atoms with Crippen molar-refractivity contribution in [3.05, 3.63) is 29.8 Å². The van der Waals surface area contributed by atoms with Gasteiger partial charge in [-0.05, 0) is 30.5 Å². The fraction of sp³-hybridized carbons (Fsp3) is 0.591. The molecule has 0 aromatic heterocycles. The lowest BCUT2D eigenvalue weighted by molar-refractivity contribution is -0.145. The van der Waals surface area contributed by atoms with Gasteiger partial charge in [0.25, 0.3) is 0 Å². The zero-order valence-corrected chi connectivity index (χ0v) is 18.4. The van der Waals surface area contributed by atoms with Crippen molar-refractivity contribution >= 4 is 23.4 Å². The van der Waals surface area contributed by atoms with E-state index in [-0.39, 0.29) is 17.7 Å². The third-order valence-corrected chi connectivity index (χ3v) is 5.23. The van der Waals surface area contributed by atoms with Gasteiger partial charge in [-0.25, -0.2) is 0 Å². The van der Waals surface area contributed by atoms with E-state index < -0.39 is 17.5 Å². The van der Waals surface area contributed by atoms with Gasteiger partial charge in [-0.3, -0.25) is 14.4 Å². The van der Waals surface area contributed by atoms with Crippen molar-refractivity contribution in [2.45, 2.75) is 52.1 Å². The quantitative estimate of drug-likeness (QED) is 0.757. The molecule has 0 aliphatic carbocycles. The number of carbonyl (C=O) groups is 3. The van der Waals surface area contributed by atoms with Crippen LogP contribution >= 0.6 is 0 Å². The number of amides is 3. The molecule has 1 aromatic rings. The lowest BCUT2D eigenvalue weighted by Gasteiger charge is -2.31. The maximum absolute atomic E-state index is 13.0. The molecular weight excluding hydrogens is 368 g/mol. The third-order valence-electron chi connectivity index (χ3n) is 5.23. The van der Waals surface area contributed by atoms with E-state index in [0.717, 1.165) is 17.7 Å². The molecule has 160 valence electrons. The van der Waals surface area contributed by atoms with Crippen molar-refractivity contribution in [2.75, 3.05) is 32.6 Å². The second kappa shape index (κ2) is 9.29. The first-order chi connectivity index (χ1) is 13.5. The van der Waals surface area contributed by atoms with Crippen molar-refractivity contribution in [2.24, 2.45) is 5.41 Å². The van der Waals surface area contributed by atoms with Crippen LogP contribution in [0.1, 0.15) is 39.2 Å². The Balaban J connectivity index is 2.12. The van der Waals surface area contributed by atoms with Crippen LogP contribution in [0.15, 0.2) is 24.3 Å². The summed E-state index contributed by atoms with van der Waals surface area (Å²) in [6.07, 6.45) is 1.79. The maximum atomic E-state index is 13.0. The number of likely N-dealkylation sites (N-methyl/N-ethyl adjacent to an activating group) is 1. The second-order valence-electron chi connectivity index (χ2n) is 8.85. The van der Waals surface area contributed by atoms with E-state index in [4.69, 9.17) is 0 Å². The number of hydrogen-bond acceptors (Lipinski definition) is 4. The number of benzene rings is 1. The molecule has 3 amide bonds. The molecular formula is C22H34N4O3. The highest BCUT2D eigenvalue weighted by Gasteiger charge is 2.39. The number of nitrogens with zero attached hydrogens (tertiary/aromatic N) is 2. The topological polar surface area (TPSA) is 81.8 Å². The van der Waals surface area contributed by atoms with Gasteiger partial charge in [0.15, 0.2) is 0 Å². The fourth-order valence-corrected chi connectivity index (χ4v) is 3.53. The number of hydrogen-bond donors (Lipinski definition) is 2. The molecule has 7 nitrogen and oxygen atoms in total. The summed E-state index contributed by atoms with van der Waals surface area (Å²) in [5, 5.41) is 5.50. The van der Waals surface area contributed by atoms with Crippen LogP contribution in [0.25, 0.3) is 0 Å². The van der Waals surface area contributed by atoms with Gasteiger partial charge >= 0.3 is 0 Å². The molecule has 1 fully saturated rings. The van der Waals surface area contributed by atoms with Crippen molar-refractivity contribution in [1.82, 2.24) is 15.5 Å². The number of likely N-dealkylation sites (tertiary alicyclic amines) is 1. The molecule has 0 spiro atoms. The van der Waals surface area contributed by atoms with Gasteiger partial charge in [0.2, 0.25) is 17.7 Å². The number of rotatable bonds is 6. The molecule has 1 saturated heterocycles. The summed E-state index contributed by atoms with van der Waals surface area (Å²) in [7, 11) is 5.49. The minimum Gasteiger partial charge on any atom is -0.378 e. The van der Waals surface area contributed by atoms with E-state index in [1.165, 1.54) is 0 Å². The molecule has 7 heteroatoms. The van der Waals surface area contributed by atoms with Crippen LogP contribution in [0, 0.1) is 5.41 Å². The van der Waals surface area contributed by atoms with E-state index in [0.29, 0.717) is 19.4 Å². The fourth-order valence-electron chi connectivity index (χ4n) is 3.53. The van der Waals surface area contributed by atoms with Crippen molar-refractivity contribution in [3.8, 4) is 0 Å². The summed E-state index contributed by atoms with van der Waals surface area (Å²) in [6, 6.07) is 6.68. The largest absolute Gasteiger partial charge is 0.378 e. The zero-order chi connectivity index (χ0) is 21.8. The summed E-state index contributed by atoms with van der Waals surface area (Å²) >= 11 is 0. The molecule has 29 heavy (non-hydrogen) atoms. The summed E-state index contributed by atoms with van der Waals surface area (Å²) in [5.74, 6) is -0.550. The first kappa shape index (κ1) is 22.7. The number of nitrogens with one attached hydrogen (secondary N) is 2. The smallest absolute Gasteiger partial charge is 0.243 e. The molecule has 1 aliphatic heterocycles. The van der Waals surface area contributed by atoms with Crippen LogP contribution in [-0.4, -0.2) is 62.4 Å². The van der Waals surface area contributed by atoms with Crippen LogP contribution in [-0.2, 0) is 20.8 Å². The Morgan fingerprint density at radius 3 is 2.31 bits per heavy atom. The molecule has 1 aromatic carbocycles. The monoisotopic (exact) mass is 402 g/mol. The predicted octanol–water partition coefficient (Wildman–Crippen LogP) is 1.56. The van der Waals surface area contributed by atoms with E-state index in [1.807, 2.05) is 64.0 Å². The molecule has 2 N–H and O–H groups in total. The lowest BCUT2D eigenvalue weighted by Crippen LogP contribution is -2.54. The maximum Gasteiger partial charge on any atom is 0.243 e. The average molecular weight is 403 g/mol. The summed E-state index contributed by atoms with van der Waals surface area (Å²) < 4.78 is 0. The molecule has 1 heterocycles. The van der Waals surface area contributed by atoms with E-state index >= 15 is 0 Å². The highest BCUT2D eigenvalue weighted by atomic mass is 16.2. The minimum atomic E-state index is -0.690. The standard InChI is InChI=1S/C22H34N4O3/c1-22(2,3)21(29)26-13-7-8-18(26)20(28)24-17(19(27)23-4)14-15-9-11-16(12-10-15)25(5)6/h9-12,17-18H,7-8,13-14H2,1-6H3,(H,23,27)(H,24,28)/t17-,18+/m0/s1. The van der Waals surface area contributed by atoms with Crippen LogP contribution in [0.2, 0.25) is 0 Å². The molecule has 0 unspecified atom stereocenters. The van der Waals surface area contributed by atoms with Crippen LogP contribution in [0.5, 0.6) is 0 Å². The molecule has 1 aliphatic rings. The average Bonchev–Trinajstić information content (AvgIpc) is 3.15. The first-order valence-corrected chi connectivity index (χ1v) is 10.1. The second-order valence-corrected chi connectivity index (χ2v) is 8.85. The first-order valence-electron chi connectivity index (χ1n) is 10.1. The molecule has 0 saturated carbocycles. The molecule has 0 radical (unpaired) electrons. The van der Waals surface area contributed by atoms with E-state index in [9.17, 15) is 14.4 Å². The van der Waals surface area contributed by atoms with Gasteiger partial charge < -0.3 is 20.4 Å². The van der Waals surface area contributed by atoms with E-state index in [1.54, 1.807) is 11.9 Å². The highest BCUT2D eigenvalue weighted by Crippen LogP contribution is 2.25. The third kappa shape index (κ3) is 5.71. The summed E-state index contributed by atoms with van der Waals surface area (Å²) in [4.78, 5) is 41.7. The van der Waals surface area contributed by atoms with Gasteiger partial charge in [0.1, 0.15) is 12.1 Å². The van der Waals surface area contributed by atoms with Crippen molar-refractivity contribution < 1.29 is 14.4 Å². The number of anilines is 1. The van der Waals surface area contributed by atoms with Gasteiger partial charge in [-0.15, -0.1) is 0 Å². The Labute approximate surface area is 173 Å². The Bertz CT molecular complexity index is 737. The Morgan fingerprint density at radius 1 is 1.17 bits per heavy atom.